The molecule has 132 valence electrons. The molecule has 6 heteroatoms. The minimum absolute atomic E-state index is 0.179. The van der Waals surface area contributed by atoms with Gasteiger partial charge in [-0.3, -0.25) is 4.99 Å². The SMILES string of the molecule is CN=C(NCCCN(C)c1ccccc1F)NC1CC2CCC1O2. The van der Waals surface area contributed by atoms with Crippen molar-refractivity contribution in [2.45, 2.75) is 43.9 Å². The molecule has 2 fully saturated rings. The first-order valence-electron chi connectivity index (χ1n) is 8.75. The quantitative estimate of drug-likeness (QED) is 0.475. The third-order valence-corrected chi connectivity index (χ3v) is 4.88. The number of nitrogens with zero attached hydrogens (tertiary/aromatic N) is 2. The molecule has 0 aromatic heterocycles. The highest BCUT2D eigenvalue weighted by atomic mass is 19.1. The van der Waals surface area contributed by atoms with Crippen LogP contribution in [-0.2, 0) is 4.74 Å². The minimum Gasteiger partial charge on any atom is -0.373 e. The van der Waals surface area contributed by atoms with Crippen molar-refractivity contribution in [3.05, 3.63) is 30.1 Å². The molecule has 2 bridgehead atoms. The molecule has 3 unspecified atom stereocenters. The highest BCUT2D eigenvalue weighted by Gasteiger charge is 2.41. The maximum atomic E-state index is 13.7. The number of hydrogen-bond donors (Lipinski definition) is 2. The molecule has 5 nitrogen and oxygen atoms in total. The highest BCUT2D eigenvalue weighted by molar-refractivity contribution is 5.80. The smallest absolute Gasteiger partial charge is 0.191 e. The van der Waals surface area contributed by atoms with E-state index in [2.05, 4.69) is 15.6 Å². The number of nitrogens with one attached hydrogen (secondary N) is 2. The average Bonchev–Trinajstić information content (AvgIpc) is 3.20. The number of hydrogen-bond acceptors (Lipinski definition) is 3. The van der Waals surface area contributed by atoms with E-state index in [0.717, 1.165) is 38.3 Å². The molecule has 2 aliphatic rings. The normalized spacial score (nSPS) is 25.8. The Morgan fingerprint density at radius 2 is 2.21 bits per heavy atom. The van der Waals surface area contributed by atoms with Gasteiger partial charge in [0.2, 0.25) is 0 Å². The molecular weight excluding hydrogens is 307 g/mol. The maximum Gasteiger partial charge on any atom is 0.191 e. The van der Waals surface area contributed by atoms with Crippen LogP contribution in [0.3, 0.4) is 0 Å². The first-order chi connectivity index (χ1) is 11.7. The van der Waals surface area contributed by atoms with E-state index in [4.69, 9.17) is 4.74 Å². The van der Waals surface area contributed by atoms with E-state index >= 15 is 0 Å². The summed E-state index contributed by atoms with van der Waals surface area (Å²) in [6.45, 7) is 1.57. The van der Waals surface area contributed by atoms with Crippen LogP contribution in [0.1, 0.15) is 25.7 Å². The van der Waals surface area contributed by atoms with Gasteiger partial charge in [-0.2, -0.15) is 0 Å². The number of anilines is 1. The third-order valence-electron chi connectivity index (χ3n) is 4.88. The van der Waals surface area contributed by atoms with E-state index < -0.39 is 0 Å². The fourth-order valence-electron chi connectivity index (χ4n) is 3.56. The number of halogens is 1. The van der Waals surface area contributed by atoms with Crippen LogP contribution < -0.4 is 15.5 Å². The minimum atomic E-state index is -0.179. The van der Waals surface area contributed by atoms with E-state index in [1.807, 2.05) is 18.0 Å². The second kappa shape index (κ2) is 7.83. The number of guanidine groups is 1. The number of ether oxygens (including phenoxy) is 1. The summed E-state index contributed by atoms with van der Waals surface area (Å²) in [5.41, 5.74) is 0.638. The molecule has 0 amide bonds. The Balaban J connectivity index is 1.38. The Morgan fingerprint density at radius 3 is 2.88 bits per heavy atom. The average molecular weight is 334 g/mol. The highest BCUT2D eigenvalue weighted by Crippen LogP contribution is 2.34. The number of para-hydroxylation sites is 1. The molecule has 1 aromatic carbocycles. The predicted octanol–water partition coefficient (Wildman–Crippen LogP) is 2.14. The Kier molecular flexibility index (Phi) is 5.56. The van der Waals surface area contributed by atoms with Crippen LogP contribution >= 0.6 is 0 Å². The molecule has 1 aromatic rings. The summed E-state index contributed by atoms with van der Waals surface area (Å²) < 4.78 is 19.6. The fourth-order valence-corrected chi connectivity index (χ4v) is 3.56. The molecule has 2 heterocycles. The van der Waals surface area contributed by atoms with Crippen molar-refractivity contribution in [2.24, 2.45) is 4.99 Å². The summed E-state index contributed by atoms with van der Waals surface area (Å²) in [5.74, 6) is 0.645. The first kappa shape index (κ1) is 17.0. The van der Waals surface area contributed by atoms with Crippen LogP contribution in [0, 0.1) is 5.82 Å². The van der Waals surface area contributed by atoms with E-state index in [0.29, 0.717) is 23.9 Å². The fraction of sp³-hybridized carbons (Fsp3) is 0.611. The van der Waals surface area contributed by atoms with Gasteiger partial charge in [0.1, 0.15) is 5.82 Å². The van der Waals surface area contributed by atoms with Crippen LogP contribution in [0.5, 0.6) is 0 Å². The molecule has 2 saturated heterocycles. The number of aliphatic imine (C=N–C) groups is 1. The van der Waals surface area contributed by atoms with E-state index in [1.54, 1.807) is 19.2 Å². The van der Waals surface area contributed by atoms with E-state index in [9.17, 15) is 4.39 Å². The zero-order valence-corrected chi connectivity index (χ0v) is 14.5. The van der Waals surface area contributed by atoms with Gasteiger partial charge in [-0.25, -0.2) is 4.39 Å². The summed E-state index contributed by atoms with van der Waals surface area (Å²) in [7, 11) is 3.70. The van der Waals surface area contributed by atoms with Crippen LogP contribution in [0.2, 0.25) is 0 Å². The Labute approximate surface area is 143 Å². The molecular formula is C18H27FN4O. The van der Waals surface area contributed by atoms with Crippen LogP contribution in [-0.4, -0.2) is 51.4 Å². The molecule has 0 saturated carbocycles. The monoisotopic (exact) mass is 334 g/mol. The molecule has 0 radical (unpaired) electrons. The standard InChI is InChI=1S/C18H27FN4O/c1-20-18(22-15-12-13-8-9-17(15)24-13)21-10-5-11-23(2)16-7-4-3-6-14(16)19/h3-4,6-7,13,15,17H,5,8-12H2,1-2H3,(H2,20,21,22). The lowest BCUT2D eigenvalue weighted by Crippen LogP contribution is -2.47. The third kappa shape index (κ3) is 3.98. The van der Waals surface area contributed by atoms with Crippen molar-refractivity contribution in [1.29, 1.82) is 0 Å². The molecule has 3 atom stereocenters. The van der Waals surface area contributed by atoms with Crippen LogP contribution in [0.25, 0.3) is 0 Å². The molecule has 3 rings (SSSR count). The van der Waals surface area contributed by atoms with Crippen molar-refractivity contribution < 1.29 is 9.13 Å². The summed E-state index contributed by atoms with van der Waals surface area (Å²) in [6.07, 6.45) is 5.07. The Morgan fingerprint density at radius 1 is 1.38 bits per heavy atom. The van der Waals surface area contributed by atoms with E-state index in [-0.39, 0.29) is 5.82 Å². The molecule has 0 aliphatic carbocycles. The predicted molar refractivity (Wildman–Crippen MR) is 95.1 cm³/mol. The van der Waals surface area contributed by atoms with Crippen molar-refractivity contribution in [2.75, 3.05) is 32.1 Å². The summed E-state index contributed by atoms with van der Waals surface area (Å²) >= 11 is 0. The number of fused-ring (bicyclic) bond motifs is 2. The lowest BCUT2D eigenvalue weighted by atomic mass is 9.96. The summed E-state index contributed by atoms with van der Waals surface area (Å²) in [6, 6.07) is 7.24. The van der Waals surface area contributed by atoms with Gasteiger partial charge in [-0.15, -0.1) is 0 Å². The van der Waals surface area contributed by atoms with Crippen molar-refractivity contribution in [3.8, 4) is 0 Å². The molecule has 2 aliphatic heterocycles. The molecule has 2 N–H and O–H groups in total. The second-order valence-electron chi connectivity index (χ2n) is 6.59. The maximum absolute atomic E-state index is 13.7. The van der Waals surface area contributed by atoms with Gasteiger partial charge >= 0.3 is 0 Å². The molecule has 24 heavy (non-hydrogen) atoms. The van der Waals surface area contributed by atoms with Gasteiger partial charge < -0.3 is 20.3 Å². The van der Waals surface area contributed by atoms with Crippen molar-refractivity contribution >= 4 is 11.6 Å². The Bertz CT molecular complexity index is 580. The van der Waals surface area contributed by atoms with Gasteiger partial charge in [0.05, 0.1) is 23.9 Å². The largest absolute Gasteiger partial charge is 0.373 e. The van der Waals surface area contributed by atoms with Gasteiger partial charge in [-0.05, 0) is 37.8 Å². The van der Waals surface area contributed by atoms with E-state index in [1.165, 1.54) is 12.5 Å². The zero-order chi connectivity index (χ0) is 16.9. The zero-order valence-electron chi connectivity index (χ0n) is 14.5. The van der Waals surface area contributed by atoms with Crippen LogP contribution in [0.4, 0.5) is 10.1 Å². The number of rotatable bonds is 6. The lowest BCUT2D eigenvalue weighted by molar-refractivity contribution is 0.0992. The van der Waals surface area contributed by atoms with Crippen molar-refractivity contribution in [1.82, 2.24) is 10.6 Å². The Hall–Kier alpha value is -1.82. The topological polar surface area (TPSA) is 48.9 Å². The molecule has 0 spiro atoms. The lowest BCUT2D eigenvalue weighted by Gasteiger charge is -2.23. The number of benzene rings is 1. The van der Waals surface area contributed by atoms with Crippen LogP contribution in [0.15, 0.2) is 29.3 Å². The summed E-state index contributed by atoms with van der Waals surface area (Å²) in [4.78, 5) is 6.23. The van der Waals surface area contributed by atoms with Crippen molar-refractivity contribution in [3.63, 3.8) is 0 Å². The van der Waals surface area contributed by atoms with Gasteiger partial charge in [0.15, 0.2) is 5.96 Å². The van der Waals surface area contributed by atoms with Gasteiger partial charge in [-0.1, -0.05) is 12.1 Å². The second-order valence-corrected chi connectivity index (χ2v) is 6.59. The first-order valence-corrected chi connectivity index (χ1v) is 8.75. The summed E-state index contributed by atoms with van der Waals surface area (Å²) in [5, 5.41) is 6.81. The van der Waals surface area contributed by atoms with Gasteiger partial charge in [0.25, 0.3) is 0 Å². The van der Waals surface area contributed by atoms with Gasteiger partial charge in [0, 0.05) is 27.2 Å².